The molecule has 1 heterocycles. The maximum atomic E-state index is 5.64. The maximum absolute atomic E-state index is 5.64. The number of hydrogen-bond acceptors (Lipinski definition) is 7. The van der Waals surface area contributed by atoms with Crippen LogP contribution < -0.4 is 14.8 Å². The largest absolute Gasteiger partial charge is 0.497 e. The summed E-state index contributed by atoms with van der Waals surface area (Å²) in [5.41, 5.74) is 1.03. The fraction of sp³-hybridized carbons (Fsp3) is 0.429. The summed E-state index contributed by atoms with van der Waals surface area (Å²) in [6.45, 7) is 2.58. The smallest absolute Gasteiger partial charge is 0.294 e. The number of rotatable bonds is 9. The monoisotopic (exact) mass is 309 g/mol. The van der Waals surface area contributed by atoms with Gasteiger partial charge in [-0.3, -0.25) is 0 Å². The number of methoxy groups -OCH3 is 2. The van der Waals surface area contributed by atoms with Crippen LogP contribution in [0.2, 0.25) is 0 Å². The van der Waals surface area contributed by atoms with Crippen LogP contribution in [0.3, 0.4) is 0 Å². The number of nitrogens with zero attached hydrogens (tertiary/aromatic N) is 2. The Kier molecular flexibility index (Phi) is 6.39. The Morgan fingerprint density at radius 1 is 1.24 bits per heavy atom. The fourth-order valence-corrected chi connectivity index (χ4v) is 2.30. The van der Waals surface area contributed by atoms with Gasteiger partial charge in [-0.05, 0) is 17.7 Å². The van der Waals surface area contributed by atoms with Crippen molar-refractivity contribution in [2.24, 2.45) is 0 Å². The minimum atomic E-state index is 0.447. The van der Waals surface area contributed by atoms with Gasteiger partial charge in [0.2, 0.25) is 0 Å². The van der Waals surface area contributed by atoms with Crippen molar-refractivity contribution in [1.29, 1.82) is 0 Å². The summed E-state index contributed by atoms with van der Waals surface area (Å²) in [5, 5.41) is 12.8. The SMILES string of the molecule is COCCNCc1nnc(OCc2cccc(OC)c2)s1. The molecule has 2 aromatic rings. The van der Waals surface area contributed by atoms with E-state index in [1.165, 1.54) is 11.3 Å². The van der Waals surface area contributed by atoms with Crippen molar-refractivity contribution in [1.82, 2.24) is 15.5 Å². The molecule has 1 N–H and O–H groups in total. The van der Waals surface area contributed by atoms with E-state index in [2.05, 4.69) is 15.5 Å². The van der Waals surface area contributed by atoms with Crippen LogP contribution in [0, 0.1) is 0 Å². The predicted molar refractivity (Wildman–Crippen MR) is 80.8 cm³/mol. The number of nitrogens with one attached hydrogen (secondary N) is 1. The Balaban J connectivity index is 1.79. The average molecular weight is 309 g/mol. The van der Waals surface area contributed by atoms with Gasteiger partial charge >= 0.3 is 0 Å². The number of benzene rings is 1. The third-order valence-electron chi connectivity index (χ3n) is 2.70. The number of hydrogen-bond donors (Lipinski definition) is 1. The molecule has 0 saturated carbocycles. The normalized spacial score (nSPS) is 10.6. The first-order chi connectivity index (χ1) is 10.3. The Morgan fingerprint density at radius 2 is 2.14 bits per heavy atom. The molecule has 0 fully saturated rings. The summed E-state index contributed by atoms with van der Waals surface area (Å²) in [6, 6.07) is 7.76. The van der Waals surface area contributed by atoms with Crippen LogP contribution in [0.4, 0.5) is 0 Å². The van der Waals surface area contributed by atoms with Gasteiger partial charge in [0.15, 0.2) is 0 Å². The first-order valence-electron chi connectivity index (χ1n) is 6.59. The second-order valence-electron chi connectivity index (χ2n) is 4.27. The Bertz CT molecular complexity index is 548. The molecule has 1 aromatic carbocycles. The van der Waals surface area contributed by atoms with Crippen LogP contribution >= 0.6 is 11.3 Å². The van der Waals surface area contributed by atoms with Gasteiger partial charge in [-0.25, -0.2) is 0 Å². The van der Waals surface area contributed by atoms with Crippen LogP contribution in [0.15, 0.2) is 24.3 Å². The second kappa shape index (κ2) is 8.56. The van der Waals surface area contributed by atoms with E-state index < -0.39 is 0 Å². The molecule has 0 bridgehead atoms. The Labute approximate surface area is 128 Å². The summed E-state index contributed by atoms with van der Waals surface area (Å²) in [5.74, 6) is 0.816. The lowest BCUT2D eigenvalue weighted by Gasteiger charge is -2.04. The van der Waals surface area contributed by atoms with Gasteiger partial charge < -0.3 is 19.5 Å². The molecule has 0 unspecified atom stereocenters. The summed E-state index contributed by atoms with van der Waals surface area (Å²) >= 11 is 1.44. The lowest BCUT2D eigenvalue weighted by molar-refractivity contribution is 0.199. The zero-order valence-electron chi connectivity index (χ0n) is 12.2. The third-order valence-corrected chi connectivity index (χ3v) is 3.54. The summed E-state index contributed by atoms with van der Waals surface area (Å²) in [7, 11) is 3.32. The highest BCUT2D eigenvalue weighted by molar-refractivity contribution is 7.13. The number of ether oxygens (including phenoxy) is 3. The van der Waals surface area contributed by atoms with Crippen molar-refractivity contribution in [2.75, 3.05) is 27.4 Å². The van der Waals surface area contributed by atoms with Gasteiger partial charge in [0.1, 0.15) is 17.4 Å². The molecule has 6 nitrogen and oxygen atoms in total. The molecule has 1 aromatic heterocycles. The van der Waals surface area contributed by atoms with Gasteiger partial charge in [-0.1, -0.05) is 28.6 Å². The molecule has 0 aliphatic heterocycles. The lowest BCUT2D eigenvalue weighted by Crippen LogP contribution is -2.18. The van der Waals surface area contributed by atoms with E-state index in [4.69, 9.17) is 14.2 Å². The molecule has 7 heteroatoms. The van der Waals surface area contributed by atoms with Gasteiger partial charge in [-0.2, -0.15) is 0 Å². The lowest BCUT2D eigenvalue weighted by atomic mass is 10.2. The maximum Gasteiger partial charge on any atom is 0.294 e. The molecule has 0 saturated heterocycles. The van der Waals surface area contributed by atoms with Gasteiger partial charge in [-0.15, -0.1) is 5.10 Å². The van der Waals surface area contributed by atoms with Crippen molar-refractivity contribution in [2.45, 2.75) is 13.2 Å². The molecule has 0 aliphatic rings. The third kappa shape index (κ3) is 5.30. The molecule has 0 atom stereocenters. The van der Waals surface area contributed by atoms with Crippen molar-refractivity contribution in [3.8, 4) is 10.9 Å². The molecule has 0 amide bonds. The molecule has 114 valence electrons. The second-order valence-corrected chi connectivity index (χ2v) is 5.30. The van der Waals surface area contributed by atoms with E-state index in [1.54, 1.807) is 14.2 Å². The van der Waals surface area contributed by atoms with Crippen molar-refractivity contribution >= 4 is 11.3 Å². The van der Waals surface area contributed by atoms with E-state index in [0.717, 1.165) is 22.9 Å². The zero-order valence-corrected chi connectivity index (χ0v) is 13.0. The topological polar surface area (TPSA) is 65.5 Å². The zero-order chi connectivity index (χ0) is 14.9. The van der Waals surface area contributed by atoms with E-state index in [-0.39, 0.29) is 0 Å². The Hall–Kier alpha value is -1.70. The average Bonchev–Trinajstić information content (AvgIpc) is 2.98. The van der Waals surface area contributed by atoms with Crippen LogP contribution in [0.5, 0.6) is 10.9 Å². The van der Waals surface area contributed by atoms with Crippen LogP contribution in [0.1, 0.15) is 10.6 Å². The van der Waals surface area contributed by atoms with Crippen LogP contribution in [0.25, 0.3) is 0 Å². The van der Waals surface area contributed by atoms with Gasteiger partial charge in [0, 0.05) is 20.2 Å². The Morgan fingerprint density at radius 3 is 2.95 bits per heavy atom. The number of aromatic nitrogens is 2. The van der Waals surface area contributed by atoms with E-state index in [0.29, 0.717) is 25.0 Å². The first kappa shape index (κ1) is 15.7. The standard InChI is InChI=1S/C14H19N3O3S/c1-18-7-6-15-9-13-16-17-14(21-13)20-10-11-4-3-5-12(8-11)19-2/h3-5,8,15H,6-7,9-10H2,1-2H3. The fourth-order valence-electron chi connectivity index (χ4n) is 1.64. The van der Waals surface area contributed by atoms with Gasteiger partial charge in [0.25, 0.3) is 5.19 Å². The molecular formula is C14H19N3O3S. The minimum absolute atomic E-state index is 0.447. The quantitative estimate of drug-likeness (QED) is 0.713. The van der Waals surface area contributed by atoms with Crippen molar-refractivity contribution < 1.29 is 14.2 Å². The molecule has 2 rings (SSSR count). The van der Waals surface area contributed by atoms with Gasteiger partial charge in [0.05, 0.1) is 13.7 Å². The van der Waals surface area contributed by atoms with E-state index >= 15 is 0 Å². The molecule has 21 heavy (non-hydrogen) atoms. The molecular weight excluding hydrogens is 290 g/mol. The molecule has 0 spiro atoms. The van der Waals surface area contributed by atoms with E-state index in [9.17, 15) is 0 Å². The highest BCUT2D eigenvalue weighted by Gasteiger charge is 2.05. The molecule has 0 aliphatic carbocycles. The molecule has 0 radical (unpaired) electrons. The summed E-state index contributed by atoms with van der Waals surface area (Å²) in [4.78, 5) is 0. The minimum Gasteiger partial charge on any atom is -0.497 e. The van der Waals surface area contributed by atoms with Crippen LogP contribution in [-0.2, 0) is 17.9 Å². The highest BCUT2D eigenvalue weighted by atomic mass is 32.1. The van der Waals surface area contributed by atoms with Crippen LogP contribution in [-0.4, -0.2) is 37.6 Å². The summed E-state index contributed by atoms with van der Waals surface area (Å²) in [6.07, 6.45) is 0. The predicted octanol–water partition coefficient (Wildman–Crippen LogP) is 1.86. The van der Waals surface area contributed by atoms with E-state index in [1.807, 2.05) is 24.3 Å². The highest BCUT2D eigenvalue weighted by Crippen LogP contribution is 2.20. The van der Waals surface area contributed by atoms with Crippen molar-refractivity contribution in [3.63, 3.8) is 0 Å². The summed E-state index contributed by atoms with van der Waals surface area (Å²) < 4.78 is 15.8. The first-order valence-corrected chi connectivity index (χ1v) is 7.41. The van der Waals surface area contributed by atoms with Crippen molar-refractivity contribution in [3.05, 3.63) is 34.8 Å².